The summed E-state index contributed by atoms with van der Waals surface area (Å²) in [5, 5.41) is 15.2. The molecule has 112 valence electrons. The van der Waals surface area contributed by atoms with Gasteiger partial charge in [0.1, 0.15) is 0 Å². The number of nitrogens with zero attached hydrogens (tertiary/aromatic N) is 2. The standard InChI is InChI=1S/C14H9FIN3O3/c1-6-4-7(16)2-3-9(6)18-13-10(15)12-8(5-17-13)11(14(20)21)19-22-12/h2-5H,1H3,(H,17,18)(H,20,21). The number of pyridine rings is 1. The van der Waals surface area contributed by atoms with Crippen LogP contribution in [-0.4, -0.2) is 21.2 Å². The maximum atomic E-state index is 14.4. The van der Waals surface area contributed by atoms with Crippen molar-refractivity contribution < 1.29 is 18.8 Å². The number of halogens is 2. The molecule has 0 amide bonds. The Morgan fingerprint density at radius 2 is 2.23 bits per heavy atom. The molecule has 0 spiro atoms. The average molecular weight is 413 g/mol. The number of fused-ring (bicyclic) bond motifs is 1. The molecule has 0 bridgehead atoms. The number of hydrogen-bond acceptors (Lipinski definition) is 5. The van der Waals surface area contributed by atoms with Crippen molar-refractivity contribution in [2.24, 2.45) is 0 Å². The first-order chi connectivity index (χ1) is 10.5. The Balaban J connectivity index is 2.05. The molecule has 0 aliphatic heterocycles. The van der Waals surface area contributed by atoms with E-state index in [-0.39, 0.29) is 22.5 Å². The number of carboxylic acid groups (broad SMARTS) is 1. The van der Waals surface area contributed by atoms with Gasteiger partial charge in [0.05, 0.1) is 5.39 Å². The summed E-state index contributed by atoms with van der Waals surface area (Å²) in [5.74, 6) is -2.13. The highest BCUT2D eigenvalue weighted by atomic mass is 127. The minimum Gasteiger partial charge on any atom is -0.476 e. The molecule has 2 aromatic heterocycles. The van der Waals surface area contributed by atoms with Gasteiger partial charge in [0.2, 0.25) is 17.1 Å². The van der Waals surface area contributed by atoms with Crippen LogP contribution < -0.4 is 5.32 Å². The molecule has 3 aromatic rings. The Bertz CT molecular complexity index is 894. The van der Waals surface area contributed by atoms with Gasteiger partial charge < -0.3 is 14.9 Å². The van der Waals surface area contributed by atoms with Crippen LogP contribution in [0.2, 0.25) is 0 Å². The van der Waals surface area contributed by atoms with Gasteiger partial charge in [-0.3, -0.25) is 0 Å². The molecule has 2 heterocycles. The van der Waals surface area contributed by atoms with Gasteiger partial charge >= 0.3 is 5.97 Å². The molecule has 6 nitrogen and oxygen atoms in total. The van der Waals surface area contributed by atoms with Crippen molar-refractivity contribution >= 4 is 51.0 Å². The van der Waals surface area contributed by atoms with Crippen molar-refractivity contribution in [3.05, 3.63) is 45.0 Å². The topological polar surface area (TPSA) is 88.2 Å². The van der Waals surface area contributed by atoms with E-state index in [0.29, 0.717) is 5.69 Å². The zero-order chi connectivity index (χ0) is 15.9. The smallest absolute Gasteiger partial charge is 0.358 e. The van der Waals surface area contributed by atoms with Crippen molar-refractivity contribution in [1.29, 1.82) is 0 Å². The highest BCUT2D eigenvalue weighted by Crippen LogP contribution is 2.28. The lowest BCUT2D eigenvalue weighted by Crippen LogP contribution is -2.00. The molecule has 0 radical (unpaired) electrons. The van der Waals surface area contributed by atoms with Crippen LogP contribution in [0.25, 0.3) is 11.0 Å². The number of hydrogen-bond donors (Lipinski definition) is 2. The van der Waals surface area contributed by atoms with Crippen LogP contribution in [0.1, 0.15) is 16.1 Å². The summed E-state index contributed by atoms with van der Waals surface area (Å²) in [5.41, 5.74) is 1.03. The predicted molar refractivity (Wildman–Crippen MR) is 85.9 cm³/mol. The van der Waals surface area contributed by atoms with Crippen LogP contribution in [0.3, 0.4) is 0 Å². The normalized spacial score (nSPS) is 10.9. The zero-order valence-corrected chi connectivity index (χ0v) is 13.4. The monoisotopic (exact) mass is 413 g/mol. The summed E-state index contributed by atoms with van der Waals surface area (Å²) >= 11 is 2.18. The van der Waals surface area contributed by atoms with Crippen molar-refractivity contribution in [1.82, 2.24) is 10.1 Å². The second kappa shape index (κ2) is 5.52. The molecule has 0 unspecified atom stereocenters. The SMILES string of the molecule is Cc1cc(I)ccc1Nc1ncc2c(C(=O)O)noc2c1F. The number of rotatable bonds is 3. The van der Waals surface area contributed by atoms with E-state index in [0.717, 1.165) is 9.13 Å². The minimum absolute atomic E-state index is 0.0230. The molecule has 0 aliphatic rings. The molecule has 0 aliphatic carbocycles. The molecule has 0 atom stereocenters. The van der Waals surface area contributed by atoms with Crippen molar-refractivity contribution in [2.75, 3.05) is 5.32 Å². The zero-order valence-electron chi connectivity index (χ0n) is 11.2. The van der Waals surface area contributed by atoms with E-state index >= 15 is 0 Å². The molecule has 0 saturated carbocycles. The van der Waals surface area contributed by atoms with Crippen molar-refractivity contribution in [3.8, 4) is 0 Å². The number of aryl methyl sites for hydroxylation is 1. The van der Waals surface area contributed by atoms with Gasteiger partial charge in [-0.1, -0.05) is 5.16 Å². The number of aromatic nitrogens is 2. The van der Waals surface area contributed by atoms with Gasteiger partial charge in [-0.2, -0.15) is 4.39 Å². The number of benzene rings is 1. The molecule has 3 rings (SSSR count). The maximum absolute atomic E-state index is 14.4. The lowest BCUT2D eigenvalue weighted by Gasteiger charge is -2.09. The lowest BCUT2D eigenvalue weighted by atomic mass is 10.2. The Kier molecular flexibility index (Phi) is 3.69. The fraction of sp³-hybridized carbons (Fsp3) is 0.0714. The number of nitrogens with one attached hydrogen (secondary N) is 1. The van der Waals surface area contributed by atoms with Crippen LogP contribution in [0.4, 0.5) is 15.9 Å². The predicted octanol–water partition coefficient (Wildman–Crippen LogP) is 3.72. The first-order valence-corrected chi connectivity index (χ1v) is 7.25. The number of aromatic carboxylic acids is 1. The average Bonchev–Trinajstić information content (AvgIpc) is 2.89. The third-order valence-corrected chi connectivity index (χ3v) is 3.77. The summed E-state index contributed by atoms with van der Waals surface area (Å²) in [7, 11) is 0. The van der Waals surface area contributed by atoms with Crippen LogP contribution in [0.15, 0.2) is 28.9 Å². The maximum Gasteiger partial charge on any atom is 0.358 e. The van der Waals surface area contributed by atoms with Gasteiger partial charge in [0.15, 0.2) is 5.82 Å². The van der Waals surface area contributed by atoms with Gasteiger partial charge in [-0.05, 0) is 53.3 Å². The summed E-state index contributed by atoms with van der Waals surface area (Å²) in [6.45, 7) is 1.89. The quantitative estimate of drug-likeness (QED) is 0.637. The highest BCUT2D eigenvalue weighted by Gasteiger charge is 2.21. The fourth-order valence-electron chi connectivity index (χ4n) is 2.00. The fourth-order valence-corrected chi connectivity index (χ4v) is 2.65. The Hall–Kier alpha value is -2.23. The van der Waals surface area contributed by atoms with E-state index in [1.807, 2.05) is 25.1 Å². The third-order valence-electron chi connectivity index (χ3n) is 3.10. The second-order valence-corrected chi connectivity index (χ2v) is 5.83. The number of carboxylic acids is 1. The van der Waals surface area contributed by atoms with Gasteiger partial charge in [0.25, 0.3) is 0 Å². The molecular formula is C14H9FIN3O3. The van der Waals surface area contributed by atoms with Gasteiger partial charge in [-0.15, -0.1) is 0 Å². The minimum atomic E-state index is -1.30. The molecule has 22 heavy (non-hydrogen) atoms. The Morgan fingerprint density at radius 1 is 1.45 bits per heavy atom. The lowest BCUT2D eigenvalue weighted by molar-refractivity contribution is 0.0688. The summed E-state index contributed by atoms with van der Waals surface area (Å²) in [6, 6.07) is 5.63. The first-order valence-electron chi connectivity index (χ1n) is 6.17. The van der Waals surface area contributed by atoms with Crippen LogP contribution in [0, 0.1) is 16.3 Å². The second-order valence-electron chi connectivity index (χ2n) is 4.58. The molecule has 1 aromatic carbocycles. The van der Waals surface area contributed by atoms with E-state index in [2.05, 4.69) is 38.0 Å². The molecule has 0 saturated heterocycles. The highest BCUT2D eigenvalue weighted by molar-refractivity contribution is 14.1. The largest absolute Gasteiger partial charge is 0.476 e. The number of anilines is 2. The van der Waals surface area contributed by atoms with Crippen molar-refractivity contribution in [3.63, 3.8) is 0 Å². The molecule has 2 N–H and O–H groups in total. The van der Waals surface area contributed by atoms with Gasteiger partial charge in [-0.25, -0.2) is 9.78 Å². The van der Waals surface area contributed by atoms with E-state index in [9.17, 15) is 9.18 Å². The molecule has 8 heteroatoms. The summed E-state index contributed by atoms with van der Waals surface area (Å²) < 4.78 is 20.2. The Morgan fingerprint density at radius 3 is 2.91 bits per heavy atom. The van der Waals surface area contributed by atoms with E-state index in [1.54, 1.807) is 0 Å². The third kappa shape index (κ3) is 2.49. The van der Waals surface area contributed by atoms with Crippen molar-refractivity contribution in [2.45, 2.75) is 6.92 Å². The van der Waals surface area contributed by atoms with E-state index in [1.165, 1.54) is 6.20 Å². The first kappa shape index (κ1) is 14.7. The van der Waals surface area contributed by atoms with E-state index in [4.69, 9.17) is 9.63 Å². The van der Waals surface area contributed by atoms with Crippen LogP contribution >= 0.6 is 22.6 Å². The molecule has 0 fully saturated rings. The summed E-state index contributed by atoms with van der Waals surface area (Å²) in [6.07, 6.45) is 1.22. The molecular weight excluding hydrogens is 404 g/mol. The summed E-state index contributed by atoms with van der Waals surface area (Å²) in [4.78, 5) is 14.9. The number of carbonyl (C=O) groups is 1. The van der Waals surface area contributed by atoms with Gasteiger partial charge in [0, 0.05) is 15.5 Å². The van der Waals surface area contributed by atoms with E-state index < -0.39 is 11.8 Å². The van der Waals surface area contributed by atoms with Crippen LogP contribution in [-0.2, 0) is 0 Å². The van der Waals surface area contributed by atoms with Crippen LogP contribution in [0.5, 0.6) is 0 Å². The Labute approximate surface area is 137 Å².